The van der Waals surface area contributed by atoms with Crippen LogP contribution in [0.1, 0.15) is 22.3 Å². The zero-order chi connectivity index (χ0) is 29.5. The number of fused-ring (bicyclic) bond motifs is 9. The summed E-state index contributed by atoms with van der Waals surface area (Å²) in [7, 11) is 0. The molecule has 0 atom stereocenters. The summed E-state index contributed by atoms with van der Waals surface area (Å²) in [5.74, 6) is 0. The lowest BCUT2D eigenvalue weighted by molar-refractivity contribution is 0.666. The van der Waals surface area contributed by atoms with Crippen LogP contribution in [0.2, 0.25) is 0 Å². The van der Waals surface area contributed by atoms with E-state index in [1.165, 1.54) is 64.7 Å². The molecule has 1 aliphatic rings. The van der Waals surface area contributed by atoms with Gasteiger partial charge >= 0.3 is 0 Å². The molecule has 210 valence electrons. The smallest absolute Gasteiger partial charge is 0.135 e. The number of rotatable bonds is 3. The molecule has 0 aliphatic heterocycles. The van der Waals surface area contributed by atoms with Gasteiger partial charge in [0.05, 0.1) is 5.41 Å². The number of hydrogen-bond acceptors (Lipinski definition) is 2. The molecule has 2 heterocycles. The van der Waals surface area contributed by atoms with Crippen LogP contribution in [0.25, 0.3) is 64.4 Å². The third-order valence-electron chi connectivity index (χ3n) is 9.76. The van der Waals surface area contributed by atoms with Crippen molar-refractivity contribution in [1.82, 2.24) is 0 Å². The Morgan fingerprint density at radius 2 is 1.09 bits per heavy atom. The van der Waals surface area contributed by atoms with E-state index in [0.29, 0.717) is 0 Å². The Morgan fingerprint density at radius 1 is 0.422 bits per heavy atom. The van der Waals surface area contributed by atoms with Crippen molar-refractivity contribution < 1.29 is 4.42 Å². The molecule has 0 unspecified atom stereocenters. The lowest BCUT2D eigenvalue weighted by Crippen LogP contribution is -2.28. The van der Waals surface area contributed by atoms with Crippen molar-refractivity contribution in [3.8, 4) is 22.3 Å². The first-order valence-corrected chi connectivity index (χ1v) is 16.2. The monoisotopic (exact) mass is 590 g/mol. The molecular weight excluding hydrogens is 565 g/mol. The lowest BCUT2D eigenvalue weighted by atomic mass is 9.67. The summed E-state index contributed by atoms with van der Waals surface area (Å²) in [5.41, 5.74) is 11.5. The Kier molecular flexibility index (Phi) is 5.14. The molecule has 0 saturated carbocycles. The van der Waals surface area contributed by atoms with Crippen molar-refractivity contribution in [2.24, 2.45) is 0 Å². The van der Waals surface area contributed by atoms with E-state index < -0.39 is 5.41 Å². The lowest BCUT2D eigenvalue weighted by Gasteiger charge is -2.33. The van der Waals surface area contributed by atoms with Crippen LogP contribution in [-0.4, -0.2) is 0 Å². The molecule has 0 N–H and O–H groups in total. The van der Waals surface area contributed by atoms with Crippen molar-refractivity contribution >= 4 is 53.4 Å². The molecule has 1 aliphatic carbocycles. The van der Waals surface area contributed by atoms with Gasteiger partial charge < -0.3 is 4.42 Å². The molecule has 9 aromatic rings. The van der Waals surface area contributed by atoms with E-state index >= 15 is 0 Å². The average molecular weight is 591 g/mol. The molecule has 0 spiro atoms. The van der Waals surface area contributed by atoms with Gasteiger partial charge in [-0.2, -0.15) is 0 Å². The molecule has 0 saturated heterocycles. The van der Waals surface area contributed by atoms with Crippen molar-refractivity contribution in [2.45, 2.75) is 5.41 Å². The van der Waals surface area contributed by atoms with Crippen molar-refractivity contribution in [1.29, 1.82) is 0 Å². The highest BCUT2D eigenvalue weighted by Crippen LogP contribution is 2.57. The van der Waals surface area contributed by atoms with E-state index in [-0.39, 0.29) is 0 Å². The fourth-order valence-corrected chi connectivity index (χ4v) is 9.09. The summed E-state index contributed by atoms with van der Waals surface area (Å²) >= 11 is 1.87. The molecule has 0 fully saturated rings. The summed E-state index contributed by atoms with van der Waals surface area (Å²) in [6.07, 6.45) is 0. The third-order valence-corrected chi connectivity index (χ3v) is 11.0. The zero-order valence-corrected chi connectivity index (χ0v) is 25.1. The zero-order valence-electron chi connectivity index (χ0n) is 24.3. The minimum atomic E-state index is -0.441. The van der Waals surface area contributed by atoms with Crippen LogP contribution in [0.15, 0.2) is 162 Å². The highest BCUT2D eigenvalue weighted by molar-refractivity contribution is 7.26. The van der Waals surface area contributed by atoms with Gasteiger partial charge in [-0.1, -0.05) is 127 Å². The Hall–Kier alpha value is -5.44. The topological polar surface area (TPSA) is 13.1 Å². The van der Waals surface area contributed by atoms with Crippen molar-refractivity contribution in [3.63, 3.8) is 0 Å². The van der Waals surface area contributed by atoms with Crippen LogP contribution < -0.4 is 0 Å². The molecular formula is C43H26OS. The van der Waals surface area contributed by atoms with E-state index in [2.05, 4.69) is 158 Å². The van der Waals surface area contributed by atoms with Gasteiger partial charge in [-0.3, -0.25) is 0 Å². The molecule has 2 aromatic heterocycles. The molecule has 0 bridgehead atoms. The summed E-state index contributed by atoms with van der Waals surface area (Å²) < 4.78 is 9.32. The maximum absolute atomic E-state index is 6.67. The van der Waals surface area contributed by atoms with E-state index in [9.17, 15) is 0 Å². The van der Waals surface area contributed by atoms with E-state index in [4.69, 9.17) is 4.42 Å². The number of thiophene rings is 1. The third kappa shape index (κ3) is 3.38. The van der Waals surface area contributed by atoms with Gasteiger partial charge in [0, 0.05) is 30.9 Å². The number of hydrogen-bond donors (Lipinski definition) is 0. The van der Waals surface area contributed by atoms with Gasteiger partial charge in [-0.25, -0.2) is 0 Å². The molecule has 0 amide bonds. The fourth-order valence-electron chi connectivity index (χ4n) is 7.85. The number of benzene rings is 7. The second-order valence-corrected chi connectivity index (χ2v) is 13.1. The van der Waals surface area contributed by atoms with Crippen LogP contribution in [-0.2, 0) is 5.41 Å². The van der Waals surface area contributed by atoms with Gasteiger partial charge in [0.1, 0.15) is 11.2 Å². The van der Waals surface area contributed by atoms with Crippen LogP contribution >= 0.6 is 11.3 Å². The van der Waals surface area contributed by atoms with Crippen LogP contribution in [0.5, 0.6) is 0 Å². The second kappa shape index (κ2) is 9.28. The first kappa shape index (κ1) is 24.9. The molecule has 0 radical (unpaired) electrons. The Balaban J connectivity index is 1.25. The minimum Gasteiger partial charge on any atom is -0.456 e. The van der Waals surface area contributed by atoms with Crippen LogP contribution in [0.3, 0.4) is 0 Å². The number of furan rings is 1. The SMILES string of the molecule is c1ccc(C2(c3ccccc3)c3ccccc3-c3cc4c(cc32)oc2ccc(-c3cccc5c3sc3ccccc35)cc24)cc1. The normalized spacial score (nSPS) is 13.5. The van der Waals surface area contributed by atoms with E-state index in [0.717, 1.165) is 21.9 Å². The van der Waals surface area contributed by atoms with Gasteiger partial charge in [0.2, 0.25) is 0 Å². The van der Waals surface area contributed by atoms with Gasteiger partial charge in [-0.05, 0) is 74.8 Å². The first-order chi connectivity index (χ1) is 22.3. The fraction of sp³-hybridized carbons (Fsp3) is 0.0233. The maximum Gasteiger partial charge on any atom is 0.135 e. The largest absolute Gasteiger partial charge is 0.456 e. The molecule has 45 heavy (non-hydrogen) atoms. The predicted octanol–water partition coefficient (Wildman–Crippen LogP) is 12.0. The Labute approximate surface area is 264 Å². The molecule has 2 heteroatoms. The van der Waals surface area contributed by atoms with Crippen molar-refractivity contribution in [2.75, 3.05) is 0 Å². The minimum absolute atomic E-state index is 0.441. The molecule has 7 aromatic carbocycles. The highest BCUT2D eigenvalue weighted by Gasteiger charge is 2.46. The van der Waals surface area contributed by atoms with Crippen molar-refractivity contribution in [3.05, 3.63) is 180 Å². The van der Waals surface area contributed by atoms with Crippen LogP contribution in [0, 0.1) is 0 Å². The standard InChI is InChI=1S/C43H26OS/c1-3-12-28(13-4-1)43(29-14-5-2-6-15-29)37-20-9-7-16-31(37)34-25-36-35-24-27(22-23-39(35)44-40(36)26-38(34)43)30-18-11-19-33-32-17-8-10-21-41(32)45-42(30)33/h1-26H. The first-order valence-electron chi connectivity index (χ1n) is 15.4. The summed E-state index contributed by atoms with van der Waals surface area (Å²) in [5, 5.41) is 4.94. The second-order valence-electron chi connectivity index (χ2n) is 12.0. The Bertz CT molecular complexity index is 2550. The maximum atomic E-state index is 6.67. The summed E-state index contributed by atoms with van der Waals surface area (Å²) in [4.78, 5) is 0. The summed E-state index contributed by atoms with van der Waals surface area (Å²) in [6, 6.07) is 57.6. The van der Waals surface area contributed by atoms with E-state index in [1.807, 2.05) is 11.3 Å². The van der Waals surface area contributed by atoms with Crippen LogP contribution in [0.4, 0.5) is 0 Å². The Morgan fingerprint density at radius 3 is 1.91 bits per heavy atom. The molecule has 10 rings (SSSR count). The average Bonchev–Trinajstić information content (AvgIpc) is 3.76. The van der Waals surface area contributed by atoms with Gasteiger partial charge in [-0.15, -0.1) is 11.3 Å². The van der Waals surface area contributed by atoms with E-state index in [1.54, 1.807) is 0 Å². The quantitative estimate of drug-likeness (QED) is 0.199. The molecule has 1 nitrogen and oxygen atoms in total. The predicted molar refractivity (Wildman–Crippen MR) is 189 cm³/mol. The highest BCUT2D eigenvalue weighted by atomic mass is 32.1. The van der Waals surface area contributed by atoms with Gasteiger partial charge in [0.15, 0.2) is 0 Å². The summed E-state index contributed by atoms with van der Waals surface area (Å²) in [6.45, 7) is 0. The van der Waals surface area contributed by atoms with Gasteiger partial charge in [0.25, 0.3) is 0 Å².